The van der Waals surface area contributed by atoms with Crippen LogP contribution in [-0.2, 0) is 14.4 Å². The van der Waals surface area contributed by atoms with Gasteiger partial charge in [-0.05, 0) is 54.8 Å². The van der Waals surface area contributed by atoms with E-state index in [1.807, 2.05) is 6.92 Å². The first-order valence-corrected chi connectivity index (χ1v) is 12.1. The molecule has 2 amide bonds. The molecule has 5 unspecified atom stereocenters. The van der Waals surface area contributed by atoms with E-state index >= 15 is 0 Å². The van der Waals surface area contributed by atoms with Crippen LogP contribution in [0.1, 0.15) is 49.2 Å². The van der Waals surface area contributed by atoms with Gasteiger partial charge in [-0.1, -0.05) is 26.3 Å². The van der Waals surface area contributed by atoms with Gasteiger partial charge in [-0.15, -0.1) is 0 Å². The fraction of sp³-hybridized carbons (Fsp3) is 0.407. The quantitative estimate of drug-likeness (QED) is 0.466. The molecule has 0 aliphatic carbocycles. The Hall–Kier alpha value is -3.72. The summed E-state index contributed by atoms with van der Waals surface area (Å²) in [6.45, 7) is 5.89. The summed E-state index contributed by atoms with van der Waals surface area (Å²) in [5.74, 6) is -3.73. The van der Waals surface area contributed by atoms with Crippen molar-refractivity contribution in [3.8, 4) is 11.5 Å². The Morgan fingerprint density at radius 2 is 1.75 bits per heavy atom. The minimum absolute atomic E-state index is 0.137. The number of hydrogen-bond donors (Lipinski definition) is 2. The average Bonchev–Trinajstić information content (AvgIpc) is 3.37. The van der Waals surface area contributed by atoms with Gasteiger partial charge in [0.05, 0.1) is 17.5 Å². The number of carbonyl (C=O) groups excluding carboxylic acids is 3. The van der Waals surface area contributed by atoms with Crippen LogP contribution in [0.4, 0.5) is 5.69 Å². The smallest absolute Gasteiger partial charge is 0.325 e. The van der Waals surface area contributed by atoms with Gasteiger partial charge in [0.1, 0.15) is 18.8 Å². The van der Waals surface area contributed by atoms with Gasteiger partial charge in [0.2, 0.25) is 11.8 Å². The van der Waals surface area contributed by atoms with Gasteiger partial charge >= 0.3 is 5.97 Å². The molecule has 2 aromatic rings. The molecule has 0 bridgehead atoms. The first kappa shape index (κ1) is 24.0. The number of nitrogens with zero attached hydrogens (tertiary/aromatic N) is 1. The van der Waals surface area contributed by atoms with Crippen molar-refractivity contribution in [1.82, 2.24) is 5.32 Å². The zero-order valence-corrected chi connectivity index (χ0v) is 20.3. The van der Waals surface area contributed by atoms with Crippen LogP contribution in [0.5, 0.6) is 11.5 Å². The molecule has 2 saturated heterocycles. The van der Waals surface area contributed by atoms with Crippen LogP contribution in [0, 0.1) is 17.8 Å². The summed E-state index contributed by atoms with van der Waals surface area (Å²) in [5.41, 5.74) is -0.226. The molecule has 0 radical (unpaired) electrons. The maximum absolute atomic E-state index is 13.9. The van der Waals surface area contributed by atoms with Crippen LogP contribution < -0.4 is 19.7 Å². The molecule has 0 aromatic heterocycles. The Bertz CT molecular complexity index is 1260. The lowest BCUT2D eigenvalue weighted by Gasteiger charge is -2.36. The standard InChI is InChI=1S/C27H28N2O7/c1-4-14(2)27(26(33)34)22-21(23(28-27)17-7-10-19-20(13-17)36-12-11-35-19)24(31)29(25(22)32)18-8-5-16(6-9-18)15(3)30/h5-10,13-14,21-23,28H,4,11-12H2,1-3H3,(H,33,34). The van der Waals surface area contributed by atoms with Gasteiger partial charge in [-0.3, -0.25) is 24.5 Å². The van der Waals surface area contributed by atoms with Gasteiger partial charge in [0.25, 0.3) is 0 Å². The van der Waals surface area contributed by atoms with Crippen molar-refractivity contribution in [3.05, 3.63) is 53.6 Å². The highest BCUT2D eigenvalue weighted by Gasteiger charge is 2.70. The summed E-state index contributed by atoms with van der Waals surface area (Å²) in [5, 5.41) is 13.7. The van der Waals surface area contributed by atoms with Crippen LogP contribution in [0.3, 0.4) is 0 Å². The minimum Gasteiger partial charge on any atom is -0.486 e. The van der Waals surface area contributed by atoms with E-state index in [0.717, 1.165) is 4.90 Å². The number of Topliss-reactive ketones (excluding diaryl/α,β-unsaturated/α-hetero) is 1. The van der Waals surface area contributed by atoms with Crippen LogP contribution in [-0.4, -0.2) is 47.4 Å². The van der Waals surface area contributed by atoms with Crippen LogP contribution in [0.25, 0.3) is 0 Å². The maximum atomic E-state index is 13.9. The number of nitrogens with one attached hydrogen (secondary N) is 1. The van der Waals surface area contributed by atoms with Crippen molar-refractivity contribution in [1.29, 1.82) is 0 Å². The number of ketones is 1. The van der Waals surface area contributed by atoms with Crippen molar-refractivity contribution in [3.63, 3.8) is 0 Å². The van der Waals surface area contributed by atoms with E-state index in [9.17, 15) is 24.3 Å². The lowest BCUT2D eigenvalue weighted by molar-refractivity contribution is -0.151. The molecule has 3 aliphatic heterocycles. The molecule has 0 saturated carbocycles. The summed E-state index contributed by atoms with van der Waals surface area (Å²) in [4.78, 5) is 53.4. The molecular formula is C27H28N2O7. The maximum Gasteiger partial charge on any atom is 0.325 e. The molecule has 3 aliphatic rings. The van der Waals surface area contributed by atoms with Crippen molar-refractivity contribution in [2.24, 2.45) is 17.8 Å². The SMILES string of the molecule is CCC(C)C1(C(=O)O)NC(c2ccc3c(c2)OCCO3)C2C(=O)N(c3ccc(C(C)=O)cc3)C(=O)C21. The molecule has 9 nitrogen and oxygen atoms in total. The van der Waals surface area contributed by atoms with E-state index in [2.05, 4.69) is 5.32 Å². The lowest BCUT2D eigenvalue weighted by Crippen LogP contribution is -2.59. The van der Waals surface area contributed by atoms with Crippen LogP contribution >= 0.6 is 0 Å². The number of carboxylic acids is 1. The second-order valence-electron chi connectivity index (χ2n) is 9.63. The molecule has 188 valence electrons. The molecule has 5 atom stereocenters. The molecule has 2 aromatic carbocycles. The number of rotatable bonds is 6. The molecule has 2 fully saturated rings. The van der Waals surface area contributed by atoms with Gasteiger partial charge in [-0.2, -0.15) is 0 Å². The first-order chi connectivity index (χ1) is 17.2. The Kier molecular flexibility index (Phi) is 5.83. The van der Waals surface area contributed by atoms with E-state index in [1.54, 1.807) is 49.4 Å². The number of anilines is 1. The number of aliphatic carboxylic acids is 1. The highest BCUT2D eigenvalue weighted by atomic mass is 16.6. The Morgan fingerprint density at radius 3 is 2.36 bits per heavy atom. The summed E-state index contributed by atoms with van der Waals surface area (Å²) in [6, 6.07) is 10.7. The Labute approximate surface area is 208 Å². The van der Waals surface area contributed by atoms with Gasteiger partial charge < -0.3 is 14.6 Å². The fourth-order valence-corrected chi connectivity index (χ4v) is 5.76. The molecule has 5 rings (SSSR count). The number of benzene rings is 2. The van der Waals surface area contributed by atoms with Gasteiger partial charge in [0.15, 0.2) is 17.3 Å². The van der Waals surface area contributed by atoms with E-state index in [1.165, 1.54) is 6.92 Å². The second kappa shape index (κ2) is 8.74. The minimum atomic E-state index is -1.64. The summed E-state index contributed by atoms with van der Waals surface area (Å²) >= 11 is 0. The van der Waals surface area contributed by atoms with Crippen molar-refractivity contribution in [2.45, 2.75) is 38.8 Å². The van der Waals surface area contributed by atoms with E-state index in [4.69, 9.17) is 9.47 Å². The number of imide groups is 1. The molecular weight excluding hydrogens is 464 g/mol. The average molecular weight is 493 g/mol. The third-order valence-electron chi connectivity index (χ3n) is 7.80. The summed E-state index contributed by atoms with van der Waals surface area (Å²) in [7, 11) is 0. The number of hydrogen-bond acceptors (Lipinski definition) is 7. The van der Waals surface area contributed by atoms with Gasteiger partial charge in [0, 0.05) is 11.6 Å². The lowest BCUT2D eigenvalue weighted by atomic mass is 9.72. The molecule has 0 spiro atoms. The summed E-state index contributed by atoms with van der Waals surface area (Å²) < 4.78 is 11.3. The fourth-order valence-electron chi connectivity index (χ4n) is 5.76. The van der Waals surface area contributed by atoms with Crippen LogP contribution in [0.2, 0.25) is 0 Å². The monoisotopic (exact) mass is 492 g/mol. The van der Waals surface area contributed by atoms with E-state index < -0.39 is 47.1 Å². The highest BCUT2D eigenvalue weighted by Crippen LogP contribution is 2.53. The zero-order chi connectivity index (χ0) is 25.8. The first-order valence-electron chi connectivity index (χ1n) is 12.1. The summed E-state index contributed by atoms with van der Waals surface area (Å²) in [6.07, 6.45) is 0.491. The second-order valence-corrected chi connectivity index (χ2v) is 9.63. The zero-order valence-electron chi connectivity index (χ0n) is 20.3. The topological polar surface area (TPSA) is 122 Å². The predicted molar refractivity (Wildman–Crippen MR) is 129 cm³/mol. The Balaban J connectivity index is 1.62. The Morgan fingerprint density at radius 1 is 1.08 bits per heavy atom. The number of carbonyl (C=O) groups is 4. The van der Waals surface area contributed by atoms with Crippen LogP contribution in [0.15, 0.2) is 42.5 Å². The number of carboxylic acid groups (broad SMARTS) is 1. The third kappa shape index (κ3) is 3.41. The predicted octanol–water partition coefficient (Wildman–Crippen LogP) is 2.98. The van der Waals surface area contributed by atoms with Crippen molar-refractivity contribution in [2.75, 3.05) is 18.1 Å². The molecule has 2 N–H and O–H groups in total. The largest absolute Gasteiger partial charge is 0.486 e. The third-order valence-corrected chi connectivity index (χ3v) is 7.80. The number of fused-ring (bicyclic) bond motifs is 2. The highest BCUT2D eigenvalue weighted by molar-refractivity contribution is 6.24. The van der Waals surface area contributed by atoms with E-state index in [0.29, 0.717) is 47.9 Å². The number of ether oxygens (including phenoxy) is 2. The molecule has 9 heteroatoms. The van der Waals surface area contributed by atoms with Gasteiger partial charge in [-0.25, -0.2) is 4.90 Å². The van der Waals surface area contributed by atoms with E-state index in [-0.39, 0.29) is 5.78 Å². The molecule has 3 heterocycles. The number of amides is 2. The molecule has 36 heavy (non-hydrogen) atoms. The van der Waals surface area contributed by atoms with Crippen molar-refractivity contribution < 1.29 is 33.8 Å². The van der Waals surface area contributed by atoms with Crippen molar-refractivity contribution >= 4 is 29.3 Å². The normalized spacial score (nSPS) is 27.6.